The van der Waals surface area contributed by atoms with Crippen molar-refractivity contribution in [3.05, 3.63) is 34.4 Å². The van der Waals surface area contributed by atoms with Gasteiger partial charge in [-0.15, -0.1) is 0 Å². The molecule has 0 bridgehead atoms. The summed E-state index contributed by atoms with van der Waals surface area (Å²) in [7, 11) is 0. The Hall–Kier alpha value is -1.32. The van der Waals surface area contributed by atoms with E-state index in [4.69, 9.17) is 0 Å². The van der Waals surface area contributed by atoms with Crippen molar-refractivity contribution in [2.75, 3.05) is 0 Å². The maximum absolute atomic E-state index is 12.6. The number of rotatable bonds is 2. The molecule has 0 aliphatic heterocycles. The number of alkyl halides is 3. The van der Waals surface area contributed by atoms with Crippen LogP contribution in [0.15, 0.2) is 12.1 Å². The molecule has 0 fully saturated rings. The highest BCUT2D eigenvalue weighted by Gasteiger charge is 2.33. The normalized spacial score (nSPS) is 11.6. The smallest absolute Gasteiger partial charge is 0.294 e. The van der Waals surface area contributed by atoms with Gasteiger partial charge in [-0.2, -0.15) is 13.2 Å². The third-order valence-electron chi connectivity index (χ3n) is 2.71. The van der Waals surface area contributed by atoms with Gasteiger partial charge in [0.25, 0.3) is 0 Å². The largest absolute Gasteiger partial charge is 0.416 e. The van der Waals surface area contributed by atoms with Crippen LogP contribution in [-0.4, -0.2) is 5.78 Å². The van der Waals surface area contributed by atoms with Crippen molar-refractivity contribution >= 4 is 5.78 Å². The quantitative estimate of drug-likeness (QED) is 0.704. The van der Waals surface area contributed by atoms with E-state index in [1.54, 1.807) is 13.8 Å². The first kappa shape index (κ1) is 12.7. The molecule has 0 amide bonds. The van der Waals surface area contributed by atoms with Crippen molar-refractivity contribution in [3.8, 4) is 0 Å². The molecule has 1 aromatic carbocycles. The fourth-order valence-electron chi connectivity index (χ4n) is 1.62. The summed E-state index contributed by atoms with van der Waals surface area (Å²) in [5, 5.41) is 0. The van der Waals surface area contributed by atoms with Gasteiger partial charge >= 0.3 is 6.18 Å². The molecule has 1 rings (SSSR count). The lowest BCUT2D eigenvalue weighted by atomic mass is 9.95. The van der Waals surface area contributed by atoms with Gasteiger partial charge in [-0.3, -0.25) is 4.79 Å². The topological polar surface area (TPSA) is 17.1 Å². The Bertz CT molecular complexity index is 419. The van der Waals surface area contributed by atoms with E-state index in [2.05, 4.69) is 0 Å². The van der Waals surface area contributed by atoms with E-state index in [0.717, 1.165) is 6.07 Å². The molecule has 0 aromatic heterocycles. The molecule has 0 saturated carbocycles. The van der Waals surface area contributed by atoms with Crippen molar-refractivity contribution in [1.29, 1.82) is 0 Å². The highest BCUT2D eigenvalue weighted by atomic mass is 19.4. The fraction of sp³-hybridized carbons (Fsp3) is 0.417. The second-order valence-electron chi connectivity index (χ2n) is 3.69. The van der Waals surface area contributed by atoms with E-state index < -0.39 is 11.7 Å². The summed E-state index contributed by atoms with van der Waals surface area (Å²) in [6, 6.07) is 2.24. The standard InChI is InChI=1S/C12H13F3O/c1-4-11(16)9-5-6-10(12(13,14)15)8(3)7(9)2/h5-6H,4H2,1-3H3. The molecule has 4 heteroatoms. The second kappa shape index (κ2) is 4.28. The second-order valence-corrected chi connectivity index (χ2v) is 3.69. The predicted octanol–water partition coefficient (Wildman–Crippen LogP) is 3.91. The lowest BCUT2D eigenvalue weighted by molar-refractivity contribution is -0.138. The Labute approximate surface area is 92.3 Å². The monoisotopic (exact) mass is 230 g/mol. The van der Waals surface area contributed by atoms with Crippen LogP contribution in [0, 0.1) is 13.8 Å². The van der Waals surface area contributed by atoms with Gasteiger partial charge in [0.05, 0.1) is 5.56 Å². The van der Waals surface area contributed by atoms with Crippen LogP contribution < -0.4 is 0 Å². The van der Waals surface area contributed by atoms with Crippen LogP contribution in [0.2, 0.25) is 0 Å². The summed E-state index contributed by atoms with van der Waals surface area (Å²) in [6.45, 7) is 4.63. The number of hydrogen-bond acceptors (Lipinski definition) is 1. The SMILES string of the molecule is CCC(=O)c1ccc(C(F)(F)F)c(C)c1C. The number of halogens is 3. The van der Waals surface area contributed by atoms with Crippen LogP contribution in [0.1, 0.15) is 40.4 Å². The van der Waals surface area contributed by atoms with Gasteiger partial charge in [0, 0.05) is 12.0 Å². The van der Waals surface area contributed by atoms with E-state index >= 15 is 0 Å². The van der Waals surface area contributed by atoms with Gasteiger partial charge in [0.15, 0.2) is 5.78 Å². The van der Waals surface area contributed by atoms with E-state index in [1.807, 2.05) is 0 Å². The van der Waals surface area contributed by atoms with Gasteiger partial charge in [0.2, 0.25) is 0 Å². The average Bonchev–Trinajstić information content (AvgIpc) is 2.19. The van der Waals surface area contributed by atoms with Gasteiger partial charge in [-0.25, -0.2) is 0 Å². The van der Waals surface area contributed by atoms with Crippen molar-refractivity contribution in [2.24, 2.45) is 0 Å². The lowest BCUT2D eigenvalue weighted by Crippen LogP contribution is -2.11. The number of Topliss-reactive ketones (excluding diaryl/α,β-unsaturated/α-hetero) is 1. The molecule has 0 spiro atoms. The van der Waals surface area contributed by atoms with Crippen molar-refractivity contribution in [2.45, 2.75) is 33.4 Å². The zero-order valence-electron chi connectivity index (χ0n) is 9.40. The summed E-state index contributed by atoms with van der Waals surface area (Å²) < 4.78 is 37.7. The average molecular weight is 230 g/mol. The van der Waals surface area contributed by atoms with Gasteiger partial charge in [0.1, 0.15) is 0 Å². The maximum atomic E-state index is 12.6. The number of hydrogen-bond donors (Lipinski definition) is 0. The molecule has 0 aliphatic rings. The minimum absolute atomic E-state index is 0.130. The first-order valence-electron chi connectivity index (χ1n) is 4.99. The van der Waals surface area contributed by atoms with Gasteiger partial charge in [-0.1, -0.05) is 13.0 Å². The van der Waals surface area contributed by atoms with E-state index in [1.165, 1.54) is 13.0 Å². The van der Waals surface area contributed by atoms with E-state index in [9.17, 15) is 18.0 Å². The lowest BCUT2D eigenvalue weighted by Gasteiger charge is -2.14. The van der Waals surface area contributed by atoms with Crippen molar-refractivity contribution < 1.29 is 18.0 Å². The zero-order chi connectivity index (χ0) is 12.5. The van der Waals surface area contributed by atoms with Gasteiger partial charge in [-0.05, 0) is 31.0 Å². The number of carbonyl (C=O) groups excluding carboxylic acids is 1. The Morgan fingerprint density at radius 2 is 1.75 bits per heavy atom. The molecule has 0 atom stereocenters. The molecule has 0 aliphatic carbocycles. The number of carbonyl (C=O) groups is 1. The van der Waals surface area contributed by atoms with Crippen LogP contribution in [0.3, 0.4) is 0 Å². The minimum Gasteiger partial charge on any atom is -0.294 e. The van der Waals surface area contributed by atoms with Gasteiger partial charge < -0.3 is 0 Å². The molecular weight excluding hydrogens is 217 g/mol. The third-order valence-corrected chi connectivity index (χ3v) is 2.71. The molecule has 0 radical (unpaired) electrons. The Morgan fingerprint density at radius 1 is 1.19 bits per heavy atom. The first-order chi connectivity index (χ1) is 7.29. The molecule has 16 heavy (non-hydrogen) atoms. The Balaban J connectivity index is 3.35. The third kappa shape index (κ3) is 2.26. The molecule has 1 aromatic rings. The predicted molar refractivity (Wildman–Crippen MR) is 55.5 cm³/mol. The van der Waals surface area contributed by atoms with E-state index in [-0.39, 0.29) is 11.3 Å². The Morgan fingerprint density at radius 3 is 2.19 bits per heavy atom. The van der Waals surface area contributed by atoms with Crippen LogP contribution >= 0.6 is 0 Å². The number of ketones is 1. The van der Waals surface area contributed by atoms with Crippen LogP contribution in [-0.2, 0) is 6.18 Å². The molecule has 0 unspecified atom stereocenters. The molecule has 0 heterocycles. The summed E-state index contributed by atoms with van der Waals surface area (Å²) in [5.41, 5.74) is 0.263. The highest BCUT2D eigenvalue weighted by molar-refractivity contribution is 5.97. The minimum atomic E-state index is -4.36. The van der Waals surface area contributed by atoms with E-state index in [0.29, 0.717) is 17.5 Å². The van der Waals surface area contributed by atoms with Crippen molar-refractivity contribution in [1.82, 2.24) is 0 Å². The van der Waals surface area contributed by atoms with Crippen molar-refractivity contribution in [3.63, 3.8) is 0 Å². The first-order valence-corrected chi connectivity index (χ1v) is 4.99. The summed E-state index contributed by atoms with van der Waals surface area (Å²) >= 11 is 0. The van der Waals surface area contributed by atoms with Crippen LogP contribution in [0.4, 0.5) is 13.2 Å². The molecular formula is C12H13F3O. The fourth-order valence-corrected chi connectivity index (χ4v) is 1.62. The summed E-state index contributed by atoms with van der Waals surface area (Å²) in [5.74, 6) is -0.130. The number of benzene rings is 1. The molecule has 0 saturated heterocycles. The molecule has 1 nitrogen and oxygen atoms in total. The zero-order valence-corrected chi connectivity index (χ0v) is 9.40. The Kier molecular flexibility index (Phi) is 3.41. The summed E-state index contributed by atoms with van der Waals surface area (Å²) in [6.07, 6.45) is -4.06. The molecule has 88 valence electrons. The van der Waals surface area contributed by atoms with Crippen LogP contribution in [0.25, 0.3) is 0 Å². The summed E-state index contributed by atoms with van der Waals surface area (Å²) in [4.78, 5) is 11.5. The highest BCUT2D eigenvalue weighted by Crippen LogP contribution is 2.34. The maximum Gasteiger partial charge on any atom is 0.416 e. The van der Waals surface area contributed by atoms with Crippen LogP contribution in [0.5, 0.6) is 0 Å². The molecule has 0 N–H and O–H groups in total.